The van der Waals surface area contributed by atoms with Crippen molar-refractivity contribution in [1.29, 1.82) is 0 Å². The molecule has 10 nitrogen and oxygen atoms in total. The van der Waals surface area contributed by atoms with Crippen LogP contribution in [0.2, 0.25) is 0 Å². The standard InChI is InChI=1S/C16H21N7O3/c1-2-22(9-15(24)25)14-7-12(8-14)19-16(26)18-11-3-5-13(6-4-11)23-10-17-20-21-23/h3-6,10,12,14H,2,7-9H2,1H3,(H,24,25)(H2,18,19,26). The Bertz CT molecular complexity index is 742. The number of rotatable bonds is 7. The number of benzene rings is 1. The summed E-state index contributed by atoms with van der Waals surface area (Å²) in [4.78, 5) is 24.8. The van der Waals surface area contributed by atoms with E-state index in [0.717, 1.165) is 18.5 Å². The minimum absolute atomic E-state index is 0.0354. The minimum atomic E-state index is -0.828. The van der Waals surface area contributed by atoms with Crippen molar-refractivity contribution in [2.45, 2.75) is 31.8 Å². The number of likely N-dealkylation sites (N-methyl/N-ethyl adjacent to an activating group) is 1. The van der Waals surface area contributed by atoms with Crippen molar-refractivity contribution in [2.24, 2.45) is 0 Å². The van der Waals surface area contributed by atoms with Crippen LogP contribution in [0.4, 0.5) is 10.5 Å². The van der Waals surface area contributed by atoms with Crippen LogP contribution in [0.25, 0.3) is 5.69 Å². The van der Waals surface area contributed by atoms with Gasteiger partial charge in [0.2, 0.25) is 0 Å². The van der Waals surface area contributed by atoms with Crippen molar-refractivity contribution in [2.75, 3.05) is 18.4 Å². The smallest absolute Gasteiger partial charge is 0.319 e. The lowest BCUT2D eigenvalue weighted by Gasteiger charge is -2.42. The minimum Gasteiger partial charge on any atom is -0.480 e. The van der Waals surface area contributed by atoms with Crippen molar-refractivity contribution in [3.8, 4) is 5.69 Å². The molecular weight excluding hydrogens is 338 g/mol. The van der Waals surface area contributed by atoms with E-state index in [2.05, 4.69) is 26.2 Å². The van der Waals surface area contributed by atoms with Gasteiger partial charge in [-0.15, -0.1) is 5.10 Å². The second-order valence-corrected chi connectivity index (χ2v) is 6.18. The summed E-state index contributed by atoms with van der Waals surface area (Å²) in [5.74, 6) is -0.828. The average molecular weight is 359 g/mol. The highest BCUT2D eigenvalue weighted by Crippen LogP contribution is 2.25. The molecule has 3 rings (SSSR count). The van der Waals surface area contributed by atoms with Gasteiger partial charge in [0.25, 0.3) is 0 Å². The number of anilines is 1. The summed E-state index contributed by atoms with van der Waals surface area (Å²) in [6, 6.07) is 7.13. The zero-order valence-corrected chi connectivity index (χ0v) is 14.4. The predicted octanol–water partition coefficient (Wildman–Crippen LogP) is 0.721. The quantitative estimate of drug-likeness (QED) is 0.665. The van der Waals surface area contributed by atoms with E-state index in [9.17, 15) is 9.59 Å². The molecule has 2 aromatic rings. The molecule has 0 radical (unpaired) electrons. The van der Waals surface area contributed by atoms with Crippen molar-refractivity contribution in [3.05, 3.63) is 30.6 Å². The van der Waals surface area contributed by atoms with E-state index in [1.165, 1.54) is 11.0 Å². The molecule has 3 N–H and O–H groups in total. The van der Waals surface area contributed by atoms with E-state index in [-0.39, 0.29) is 24.7 Å². The fourth-order valence-electron chi connectivity index (χ4n) is 3.01. The molecule has 0 saturated heterocycles. The lowest BCUT2D eigenvalue weighted by molar-refractivity contribution is -0.139. The third-order valence-electron chi connectivity index (χ3n) is 4.45. The van der Waals surface area contributed by atoms with Gasteiger partial charge in [0, 0.05) is 17.8 Å². The number of carboxylic acids is 1. The van der Waals surface area contributed by atoms with Crippen molar-refractivity contribution < 1.29 is 14.7 Å². The van der Waals surface area contributed by atoms with E-state index in [1.54, 1.807) is 24.3 Å². The molecule has 1 aromatic carbocycles. The van der Waals surface area contributed by atoms with Crippen LogP contribution in [0.3, 0.4) is 0 Å². The molecule has 0 spiro atoms. The van der Waals surface area contributed by atoms with Gasteiger partial charge < -0.3 is 15.7 Å². The molecule has 26 heavy (non-hydrogen) atoms. The highest BCUT2D eigenvalue weighted by Gasteiger charge is 2.34. The van der Waals surface area contributed by atoms with Crippen LogP contribution in [-0.4, -0.2) is 67.4 Å². The maximum absolute atomic E-state index is 12.1. The molecule has 0 aliphatic heterocycles. The van der Waals surface area contributed by atoms with Crippen molar-refractivity contribution >= 4 is 17.7 Å². The second kappa shape index (κ2) is 7.91. The Morgan fingerprint density at radius 1 is 1.31 bits per heavy atom. The van der Waals surface area contributed by atoms with Gasteiger partial charge in [-0.05, 0) is 54.1 Å². The molecule has 1 fully saturated rings. The Labute approximate surface area is 150 Å². The average Bonchev–Trinajstić information content (AvgIpc) is 3.11. The van der Waals surface area contributed by atoms with Crippen LogP contribution in [-0.2, 0) is 4.79 Å². The summed E-state index contributed by atoms with van der Waals surface area (Å²) in [5.41, 5.74) is 1.46. The summed E-state index contributed by atoms with van der Waals surface area (Å²) in [6.45, 7) is 2.66. The van der Waals surface area contributed by atoms with E-state index in [0.29, 0.717) is 12.2 Å². The fourth-order valence-corrected chi connectivity index (χ4v) is 3.01. The number of hydrogen-bond donors (Lipinski definition) is 3. The number of tetrazole rings is 1. The molecule has 1 aliphatic rings. The fraction of sp³-hybridized carbons (Fsp3) is 0.438. The molecule has 138 valence electrons. The summed E-state index contributed by atoms with van der Waals surface area (Å²) >= 11 is 0. The van der Waals surface area contributed by atoms with E-state index < -0.39 is 5.97 Å². The number of hydrogen-bond acceptors (Lipinski definition) is 6. The first-order valence-corrected chi connectivity index (χ1v) is 8.42. The number of urea groups is 1. The van der Waals surface area contributed by atoms with Gasteiger partial charge in [-0.2, -0.15) is 0 Å². The number of nitrogens with one attached hydrogen (secondary N) is 2. The number of carbonyl (C=O) groups excluding carboxylic acids is 1. The van der Waals surface area contributed by atoms with Gasteiger partial charge in [0.05, 0.1) is 12.2 Å². The number of aromatic nitrogens is 4. The Morgan fingerprint density at radius 2 is 2.04 bits per heavy atom. The van der Waals surface area contributed by atoms with Crippen LogP contribution < -0.4 is 10.6 Å². The van der Waals surface area contributed by atoms with E-state index >= 15 is 0 Å². The van der Waals surface area contributed by atoms with Crippen LogP contribution in [0.1, 0.15) is 19.8 Å². The molecule has 1 saturated carbocycles. The van der Waals surface area contributed by atoms with E-state index in [4.69, 9.17) is 5.11 Å². The van der Waals surface area contributed by atoms with Gasteiger partial charge in [-0.25, -0.2) is 9.48 Å². The number of aliphatic carboxylic acids is 1. The third-order valence-corrected chi connectivity index (χ3v) is 4.45. The Kier molecular flexibility index (Phi) is 5.42. The third kappa shape index (κ3) is 4.33. The number of carboxylic acid groups (broad SMARTS) is 1. The zero-order valence-electron chi connectivity index (χ0n) is 14.4. The molecule has 2 amide bonds. The highest BCUT2D eigenvalue weighted by molar-refractivity contribution is 5.89. The summed E-state index contributed by atoms with van der Waals surface area (Å²) in [6.07, 6.45) is 3.01. The Hall–Kier alpha value is -3.01. The lowest BCUT2D eigenvalue weighted by Crippen LogP contribution is -2.55. The number of nitrogens with zero attached hydrogens (tertiary/aromatic N) is 5. The highest BCUT2D eigenvalue weighted by atomic mass is 16.4. The second-order valence-electron chi connectivity index (χ2n) is 6.18. The van der Waals surface area contributed by atoms with Gasteiger partial charge in [0.15, 0.2) is 0 Å². The summed E-state index contributed by atoms with van der Waals surface area (Å²) in [7, 11) is 0. The first-order chi connectivity index (χ1) is 12.5. The molecule has 1 aliphatic carbocycles. The Morgan fingerprint density at radius 3 is 2.62 bits per heavy atom. The molecule has 0 atom stereocenters. The number of amides is 2. The topological polar surface area (TPSA) is 125 Å². The largest absolute Gasteiger partial charge is 0.480 e. The normalized spacial score (nSPS) is 19.0. The Balaban J connectivity index is 1.44. The summed E-state index contributed by atoms with van der Waals surface area (Å²) < 4.78 is 1.52. The first-order valence-electron chi connectivity index (χ1n) is 8.42. The van der Waals surface area contributed by atoms with Crippen molar-refractivity contribution in [1.82, 2.24) is 30.4 Å². The molecule has 10 heteroatoms. The molecule has 0 bridgehead atoms. The van der Waals surface area contributed by atoms with Crippen LogP contribution >= 0.6 is 0 Å². The SMILES string of the molecule is CCN(CC(=O)O)C1CC(NC(=O)Nc2ccc(-n3cnnn3)cc2)C1. The molecule has 1 aromatic heterocycles. The maximum Gasteiger partial charge on any atom is 0.319 e. The monoisotopic (exact) mass is 359 g/mol. The van der Waals surface area contributed by atoms with Gasteiger partial charge in [-0.1, -0.05) is 6.92 Å². The zero-order chi connectivity index (χ0) is 18.5. The van der Waals surface area contributed by atoms with Gasteiger partial charge in [-0.3, -0.25) is 9.69 Å². The lowest BCUT2D eigenvalue weighted by atomic mass is 9.85. The molecular formula is C16H21N7O3. The molecule has 0 unspecified atom stereocenters. The number of carbonyl (C=O) groups is 2. The van der Waals surface area contributed by atoms with Gasteiger partial charge in [0.1, 0.15) is 6.33 Å². The first kappa shape index (κ1) is 17.8. The summed E-state index contributed by atoms with van der Waals surface area (Å²) in [5, 5.41) is 25.5. The van der Waals surface area contributed by atoms with Crippen molar-refractivity contribution in [3.63, 3.8) is 0 Å². The van der Waals surface area contributed by atoms with Gasteiger partial charge >= 0.3 is 12.0 Å². The maximum atomic E-state index is 12.1. The van der Waals surface area contributed by atoms with Crippen LogP contribution in [0.15, 0.2) is 30.6 Å². The predicted molar refractivity (Wildman–Crippen MR) is 93.0 cm³/mol. The van der Waals surface area contributed by atoms with E-state index in [1.807, 2.05) is 11.8 Å². The van der Waals surface area contributed by atoms with Crippen LogP contribution in [0.5, 0.6) is 0 Å². The van der Waals surface area contributed by atoms with Crippen LogP contribution in [0, 0.1) is 0 Å². The molecule has 1 heterocycles.